The van der Waals surface area contributed by atoms with Crippen molar-refractivity contribution in [2.75, 3.05) is 5.88 Å². The molecule has 0 spiro atoms. The molecular formula is C10H21Cl. The Morgan fingerprint density at radius 2 is 1.82 bits per heavy atom. The van der Waals surface area contributed by atoms with Crippen LogP contribution in [0.5, 0.6) is 0 Å². The van der Waals surface area contributed by atoms with E-state index >= 15 is 0 Å². The standard InChI is InChI=1S/C10H21Cl/c1-4-5-10(6-7-11)8-9(2)3/h9-10H,4-8H2,1-3H3. The molecule has 0 rings (SSSR count). The molecule has 68 valence electrons. The lowest BCUT2D eigenvalue weighted by Gasteiger charge is -2.16. The summed E-state index contributed by atoms with van der Waals surface area (Å²) in [7, 11) is 0. The van der Waals surface area contributed by atoms with E-state index in [1.807, 2.05) is 0 Å². The zero-order chi connectivity index (χ0) is 8.69. The first-order valence-electron chi connectivity index (χ1n) is 4.76. The molecule has 1 atom stereocenters. The van der Waals surface area contributed by atoms with Crippen molar-refractivity contribution < 1.29 is 0 Å². The van der Waals surface area contributed by atoms with E-state index in [1.54, 1.807) is 0 Å². The van der Waals surface area contributed by atoms with Crippen LogP contribution in [0.3, 0.4) is 0 Å². The van der Waals surface area contributed by atoms with Gasteiger partial charge in [0, 0.05) is 5.88 Å². The molecule has 1 heteroatoms. The van der Waals surface area contributed by atoms with Crippen molar-refractivity contribution in [2.24, 2.45) is 11.8 Å². The summed E-state index contributed by atoms with van der Waals surface area (Å²) in [5, 5.41) is 0. The van der Waals surface area contributed by atoms with Crippen molar-refractivity contribution >= 4 is 11.6 Å². The highest BCUT2D eigenvalue weighted by molar-refractivity contribution is 6.17. The Kier molecular flexibility index (Phi) is 7.15. The van der Waals surface area contributed by atoms with Crippen LogP contribution in [0, 0.1) is 11.8 Å². The molecule has 0 fully saturated rings. The van der Waals surface area contributed by atoms with Gasteiger partial charge in [0.1, 0.15) is 0 Å². The predicted octanol–water partition coefficient (Wildman–Crippen LogP) is 4.08. The van der Waals surface area contributed by atoms with Gasteiger partial charge in [-0.05, 0) is 24.7 Å². The fourth-order valence-electron chi connectivity index (χ4n) is 1.61. The lowest BCUT2D eigenvalue weighted by molar-refractivity contribution is 0.374. The summed E-state index contributed by atoms with van der Waals surface area (Å²) in [5.74, 6) is 2.53. The molecule has 0 saturated heterocycles. The molecular weight excluding hydrogens is 156 g/mol. The maximum absolute atomic E-state index is 5.72. The van der Waals surface area contributed by atoms with E-state index in [9.17, 15) is 0 Å². The Labute approximate surface area is 76.3 Å². The minimum atomic E-state index is 0.828. The van der Waals surface area contributed by atoms with Gasteiger partial charge in [-0.2, -0.15) is 0 Å². The first-order chi connectivity index (χ1) is 5.20. The third-order valence-electron chi connectivity index (χ3n) is 2.02. The molecule has 0 saturated carbocycles. The second-order valence-electron chi connectivity index (χ2n) is 3.76. The maximum Gasteiger partial charge on any atom is 0.0226 e. The summed E-state index contributed by atoms with van der Waals surface area (Å²) in [6.07, 6.45) is 5.20. The predicted molar refractivity (Wildman–Crippen MR) is 53.2 cm³/mol. The highest BCUT2D eigenvalue weighted by atomic mass is 35.5. The molecule has 0 amide bonds. The van der Waals surface area contributed by atoms with Crippen molar-refractivity contribution in [2.45, 2.75) is 46.5 Å². The van der Waals surface area contributed by atoms with Gasteiger partial charge in [0.25, 0.3) is 0 Å². The van der Waals surface area contributed by atoms with Crippen LogP contribution in [-0.4, -0.2) is 5.88 Å². The number of halogens is 1. The van der Waals surface area contributed by atoms with Gasteiger partial charge in [0.15, 0.2) is 0 Å². The van der Waals surface area contributed by atoms with E-state index in [0.29, 0.717) is 0 Å². The second kappa shape index (κ2) is 6.97. The Morgan fingerprint density at radius 3 is 2.18 bits per heavy atom. The lowest BCUT2D eigenvalue weighted by atomic mass is 9.91. The molecule has 0 heterocycles. The molecule has 0 N–H and O–H groups in total. The Morgan fingerprint density at radius 1 is 1.18 bits per heavy atom. The maximum atomic E-state index is 5.72. The largest absolute Gasteiger partial charge is 0.127 e. The molecule has 0 aliphatic heterocycles. The average molecular weight is 177 g/mol. The smallest absolute Gasteiger partial charge is 0.0226 e. The van der Waals surface area contributed by atoms with E-state index < -0.39 is 0 Å². The van der Waals surface area contributed by atoms with Crippen LogP contribution < -0.4 is 0 Å². The summed E-state index contributed by atoms with van der Waals surface area (Å²) in [6.45, 7) is 6.83. The number of hydrogen-bond donors (Lipinski definition) is 0. The van der Waals surface area contributed by atoms with Crippen molar-refractivity contribution in [3.8, 4) is 0 Å². The minimum Gasteiger partial charge on any atom is -0.127 e. The van der Waals surface area contributed by atoms with E-state index in [4.69, 9.17) is 11.6 Å². The SMILES string of the molecule is CCCC(CCCl)CC(C)C. The fraction of sp³-hybridized carbons (Fsp3) is 1.00. The molecule has 0 aromatic rings. The van der Waals surface area contributed by atoms with Gasteiger partial charge in [0.05, 0.1) is 0 Å². The summed E-state index contributed by atoms with van der Waals surface area (Å²) in [6, 6.07) is 0. The van der Waals surface area contributed by atoms with Crippen LogP contribution in [0.15, 0.2) is 0 Å². The Balaban J connectivity index is 3.50. The molecule has 0 aromatic carbocycles. The minimum absolute atomic E-state index is 0.828. The van der Waals surface area contributed by atoms with Gasteiger partial charge >= 0.3 is 0 Å². The van der Waals surface area contributed by atoms with Gasteiger partial charge in [-0.25, -0.2) is 0 Å². The zero-order valence-electron chi connectivity index (χ0n) is 8.07. The highest BCUT2D eigenvalue weighted by Crippen LogP contribution is 2.20. The van der Waals surface area contributed by atoms with E-state index in [0.717, 1.165) is 17.7 Å². The third-order valence-corrected chi connectivity index (χ3v) is 2.24. The lowest BCUT2D eigenvalue weighted by Crippen LogP contribution is -2.04. The van der Waals surface area contributed by atoms with Gasteiger partial charge in [-0.3, -0.25) is 0 Å². The van der Waals surface area contributed by atoms with Gasteiger partial charge in [-0.1, -0.05) is 33.6 Å². The van der Waals surface area contributed by atoms with Gasteiger partial charge < -0.3 is 0 Å². The molecule has 0 nitrogen and oxygen atoms in total. The topological polar surface area (TPSA) is 0 Å². The molecule has 0 aromatic heterocycles. The van der Waals surface area contributed by atoms with Crippen LogP contribution >= 0.6 is 11.6 Å². The van der Waals surface area contributed by atoms with Crippen LogP contribution in [0.2, 0.25) is 0 Å². The first kappa shape index (κ1) is 11.3. The van der Waals surface area contributed by atoms with Crippen molar-refractivity contribution in [1.29, 1.82) is 0 Å². The van der Waals surface area contributed by atoms with E-state index in [-0.39, 0.29) is 0 Å². The van der Waals surface area contributed by atoms with Crippen LogP contribution in [-0.2, 0) is 0 Å². The monoisotopic (exact) mass is 176 g/mol. The number of alkyl halides is 1. The average Bonchev–Trinajstić information content (AvgIpc) is 1.87. The number of hydrogen-bond acceptors (Lipinski definition) is 0. The summed E-state index contributed by atoms with van der Waals surface area (Å²) < 4.78 is 0. The summed E-state index contributed by atoms with van der Waals surface area (Å²) >= 11 is 5.72. The molecule has 1 unspecified atom stereocenters. The van der Waals surface area contributed by atoms with Gasteiger partial charge in [-0.15, -0.1) is 11.6 Å². The van der Waals surface area contributed by atoms with Gasteiger partial charge in [0.2, 0.25) is 0 Å². The van der Waals surface area contributed by atoms with Crippen molar-refractivity contribution in [3.63, 3.8) is 0 Å². The summed E-state index contributed by atoms with van der Waals surface area (Å²) in [4.78, 5) is 0. The van der Waals surface area contributed by atoms with Crippen LogP contribution in [0.25, 0.3) is 0 Å². The first-order valence-corrected chi connectivity index (χ1v) is 5.30. The molecule has 0 aliphatic carbocycles. The Hall–Kier alpha value is 0.290. The Bertz CT molecular complexity index is 72.9. The fourth-order valence-corrected chi connectivity index (χ4v) is 1.92. The summed E-state index contributed by atoms with van der Waals surface area (Å²) in [5.41, 5.74) is 0. The highest BCUT2D eigenvalue weighted by Gasteiger charge is 2.08. The molecule has 0 bridgehead atoms. The van der Waals surface area contributed by atoms with Crippen molar-refractivity contribution in [1.82, 2.24) is 0 Å². The molecule has 0 radical (unpaired) electrons. The molecule has 11 heavy (non-hydrogen) atoms. The number of rotatable bonds is 6. The van der Waals surface area contributed by atoms with Crippen LogP contribution in [0.4, 0.5) is 0 Å². The quantitative estimate of drug-likeness (QED) is 0.535. The normalized spacial score (nSPS) is 13.9. The van der Waals surface area contributed by atoms with E-state index in [1.165, 1.54) is 25.7 Å². The van der Waals surface area contributed by atoms with E-state index in [2.05, 4.69) is 20.8 Å². The molecule has 0 aliphatic rings. The van der Waals surface area contributed by atoms with Crippen molar-refractivity contribution in [3.05, 3.63) is 0 Å². The second-order valence-corrected chi connectivity index (χ2v) is 4.14. The third kappa shape index (κ3) is 6.68. The zero-order valence-corrected chi connectivity index (χ0v) is 8.82. The van der Waals surface area contributed by atoms with Crippen LogP contribution in [0.1, 0.15) is 46.5 Å².